The van der Waals surface area contributed by atoms with Crippen LogP contribution in [-0.4, -0.2) is 41.5 Å². The highest BCUT2D eigenvalue weighted by atomic mass is 35.5. The van der Waals surface area contributed by atoms with E-state index in [0.29, 0.717) is 0 Å². The number of halogens is 3. The molecular formula is C6H10ClF2NO2. The third-order valence-electron chi connectivity index (χ3n) is 1.79. The molecule has 1 atom stereocenters. The second-order valence-electron chi connectivity index (χ2n) is 2.83. The summed E-state index contributed by atoms with van der Waals surface area (Å²) in [6.45, 7) is -0.454. The smallest absolute Gasteiger partial charge is 0.321 e. The number of carboxylic acids is 1. The molecule has 0 aromatic rings. The van der Waals surface area contributed by atoms with E-state index in [1.54, 1.807) is 0 Å². The summed E-state index contributed by atoms with van der Waals surface area (Å²) >= 11 is 0. The number of carboxylic acid groups (broad SMARTS) is 1. The number of alkyl halides is 2. The van der Waals surface area contributed by atoms with Gasteiger partial charge in [0.05, 0.1) is 6.54 Å². The number of carbonyl (C=O) groups is 1. The van der Waals surface area contributed by atoms with Gasteiger partial charge in [0.1, 0.15) is 6.04 Å². The molecule has 1 heterocycles. The number of nitrogens with zero attached hydrogens (tertiary/aromatic N) is 1. The number of hydrogen-bond donors (Lipinski definition) is 1. The normalized spacial score (nSPS) is 28.1. The lowest BCUT2D eigenvalue weighted by atomic mass is 10.2. The molecule has 1 aliphatic heterocycles. The second kappa shape index (κ2) is 3.53. The fraction of sp³-hybridized carbons (Fsp3) is 0.833. The van der Waals surface area contributed by atoms with Crippen molar-refractivity contribution in [3.8, 4) is 0 Å². The van der Waals surface area contributed by atoms with Gasteiger partial charge in [-0.25, -0.2) is 8.78 Å². The van der Waals surface area contributed by atoms with Crippen molar-refractivity contribution in [2.24, 2.45) is 0 Å². The van der Waals surface area contributed by atoms with E-state index in [9.17, 15) is 13.6 Å². The van der Waals surface area contributed by atoms with Crippen molar-refractivity contribution in [1.29, 1.82) is 0 Å². The lowest BCUT2D eigenvalue weighted by Gasteiger charge is -2.12. The highest BCUT2D eigenvalue weighted by Crippen LogP contribution is 2.30. The standard InChI is InChI=1S/C6H9F2NO2.ClH/c1-9-3-6(7,8)2-4(9)5(10)11;/h4H,2-3H2,1H3,(H,10,11);1H/t4-;/m1./s1. The Kier molecular flexibility index (Phi) is 3.41. The van der Waals surface area contributed by atoms with E-state index >= 15 is 0 Å². The number of hydrogen-bond acceptors (Lipinski definition) is 2. The maximum atomic E-state index is 12.5. The first-order valence-corrected chi connectivity index (χ1v) is 3.23. The van der Waals surface area contributed by atoms with Gasteiger partial charge in [-0.15, -0.1) is 12.4 Å². The van der Waals surface area contributed by atoms with Crippen LogP contribution in [0.15, 0.2) is 0 Å². The number of likely N-dealkylation sites (N-methyl/N-ethyl adjacent to an activating group) is 1. The summed E-state index contributed by atoms with van der Waals surface area (Å²) in [7, 11) is 1.39. The molecule has 0 aromatic heterocycles. The third kappa shape index (κ3) is 2.28. The predicted molar refractivity (Wildman–Crippen MR) is 40.9 cm³/mol. The maximum Gasteiger partial charge on any atom is 0.321 e. The molecule has 1 saturated heterocycles. The zero-order valence-electron chi connectivity index (χ0n) is 6.46. The van der Waals surface area contributed by atoms with E-state index in [1.807, 2.05) is 0 Å². The van der Waals surface area contributed by atoms with Crippen molar-refractivity contribution in [1.82, 2.24) is 4.90 Å². The lowest BCUT2D eigenvalue weighted by Crippen LogP contribution is -2.32. The van der Waals surface area contributed by atoms with Crippen molar-refractivity contribution < 1.29 is 18.7 Å². The van der Waals surface area contributed by atoms with Crippen LogP contribution in [0.4, 0.5) is 8.78 Å². The molecule has 1 N–H and O–H groups in total. The van der Waals surface area contributed by atoms with E-state index in [-0.39, 0.29) is 12.4 Å². The van der Waals surface area contributed by atoms with E-state index < -0.39 is 30.9 Å². The SMILES string of the molecule is CN1CC(F)(F)C[C@@H]1C(=O)O.Cl. The highest BCUT2D eigenvalue weighted by Gasteiger charge is 2.46. The minimum Gasteiger partial charge on any atom is -0.480 e. The van der Waals surface area contributed by atoms with Crippen LogP contribution in [0.25, 0.3) is 0 Å². The van der Waals surface area contributed by atoms with E-state index in [4.69, 9.17) is 5.11 Å². The summed E-state index contributed by atoms with van der Waals surface area (Å²) in [5.41, 5.74) is 0. The largest absolute Gasteiger partial charge is 0.480 e. The molecule has 12 heavy (non-hydrogen) atoms. The van der Waals surface area contributed by atoms with Gasteiger partial charge in [-0.3, -0.25) is 9.69 Å². The molecule has 0 radical (unpaired) electrons. The van der Waals surface area contributed by atoms with Gasteiger partial charge < -0.3 is 5.11 Å². The maximum absolute atomic E-state index is 12.5. The highest BCUT2D eigenvalue weighted by molar-refractivity contribution is 5.85. The Bertz CT molecular complexity index is 188. The molecule has 1 rings (SSSR count). The van der Waals surface area contributed by atoms with Gasteiger partial charge in [-0.1, -0.05) is 0 Å². The summed E-state index contributed by atoms with van der Waals surface area (Å²) in [6, 6.07) is -1.02. The van der Waals surface area contributed by atoms with Gasteiger partial charge in [0, 0.05) is 6.42 Å². The van der Waals surface area contributed by atoms with Crippen molar-refractivity contribution in [3.63, 3.8) is 0 Å². The molecule has 0 saturated carbocycles. The topological polar surface area (TPSA) is 40.5 Å². The van der Waals surface area contributed by atoms with Gasteiger partial charge in [-0.05, 0) is 7.05 Å². The minimum atomic E-state index is -2.84. The van der Waals surface area contributed by atoms with Gasteiger partial charge in [0.25, 0.3) is 5.92 Å². The first-order valence-electron chi connectivity index (χ1n) is 3.23. The number of likely N-dealkylation sites (tertiary alicyclic amines) is 1. The van der Waals surface area contributed by atoms with Crippen LogP contribution in [0.1, 0.15) is 6.42 Å². The zero-order chi connectivity index (χ0) is 8.65. The first kappa shape index (κ1) is 11.6. The fourth-order valence-electron chi connectivity index (χ4n) is 1.25. The second-order valence-corrected chi connectivity index (χ2v) is 2.83. The summed E-state index contributed by atoms with van der Waals surface area (Å²) in [4.78, 5) is 11.5. The molecular weight excluding hydrogens is 192 g/mol. The fourth-order valence-corrected chi connectivity index (χ4v) is 1.25. The van der Waals surface area contributed by atoms with Crippen LogP contribution in [0, 0.1) is 0 Å². The van der Waals surface area contributed by atoms with Crippen LogP contribution in [0.3, 0.4) is 0 Å². The predicted octanol–water partition coefficient (Wildman–Crippen LogP) is 0.832. The molecule has 1 fully saturated rings. The van der Waals surface area contributed by atoms with Crippen molar-refractivity contribution >= 4 is 18.4 Å². The lowest BCUT2D eigenvalue weighted by molar-refractivity contribution is -0.141. The summed E-state index contributed by atoms with van der Waals surface area (Å²) in [5, 5.41) is 8.44. The van der Waals surface area contributed by atoms with Gasteiger partial charge in [0.2, 0.25) is 0 Å². The van der Waals surface area contributed by atoms with Crippen LogP contribution >= 0.6 is 12.4 Å². The number of rotatable bonds is 1. The van der Waals surface area contributed by atoms with E-state index in [2.05, 4.69) is 0 Å². The molecule has 0 aliphatic carbocycles. The van der Waals surface area contributed by atoms with Gasteiger partial charge in [-0.2, -0.15) is 0 Å². The quantitative estimate of drug-likeness (QED) is 0.683. The Balaban J connectivity index is 0.00000121. The van der Waals surface area contributed by atoms with Crippen molar-refractivity contribution in [2.75, 3.05) is 13.6 Å². The molecule has 6 heteroatoms. The molecule has 1 aliphatic rings. The Morgan fingerprint density at radius 3 is 2.33 bits per heavy atom. The van der Waals surface area contributed by atoms with E-state index in [1.165, 1.54) is 7.05 Å². The first-order chi connectivity index (χ1) is 4.92. The molecule has 0 spiro atoms. The molecule has 0 bridgehead atoms. The van der Waals surface area contributed by atoms with Crippen LogP contribution < -0.4 is 0 Å². The molecule has 0 unspecified atom stereocenters. The van der Waals surface area contributed by atoms with Gasteiger partial charge >= 0.3 is 5.97 Å². The third-order valence-corrected chi connectivity index (χ3v) is 1.79. The summed E-state index contributed by atoms with van der Waals surface area (Å²) < 4.78 is 25.0. The molecule has 0 amide bonds. The van der Waals surface area contributed by atoms with E-state index in [0.717, 1.165) is 4.90 Å². The van der Waals surface area contributed by atoms with Gasteiger partial charge in [0.15, 0.2) is 0 Å². The Morgan fingerprint density at radius 2 is 2.17 bits per heavy atom. The monoisotopic (exact) mass is 201 g/mol. The zero-order valence-corrected chi connectivity index (χ0v) is 7.27. The van der Waals surface area contributed by atoms with Crippen LogP contribution in [0.5, 0.6) is 0 Å². The Labute approximate surface area is 74.8 Å². The number of aliphatic carboxylic acids is 1. The molecule has 3 nitrogen and oxygen atoms in total. The van der Waals surface area contributed by atoms with Crippen molar-refractivity contribution in [2.45, 2.75) is 18.4 Å². The average Bonchev–Trinajstić information content (AvgIpc) is 2.05. The summed E-state index contributed by atoms with van der Waals surface area (Å²) in [5.74, 6) is -4.01. The summed E-state index contributed by atoms with van der Waals surface area (Å²) in [6.07, 6.45) is -0.571. The average molecular weight is 202 g/mol. The Morgan fingerprint density at radius 1 is 1.67 bits per heavy atom. The molecule has 72 valence electrons. The Hall–Kier alpha value is -0.420. The van der Waals surface area contributed by atoms with Crippen LogP contribution in [0.2, 0.25) is 0 Å². The van der Waals surface area contributed by atoms with Crippen molar-refractivity contribution in [3.05, 3.63) is 0 Å². The molecule has 0 aromatic carbocycles. The van der Waals surface area contributed by atoms with Crippen LogP contribution in [-0.2, 0) is 4.79 Å². The minimum absolute atomic E-state index is 0.